The molecule has 0 aliphatic heterocycles. The van der Waals surface area contributed by atoms with Crippen LogP contribution in [0.25, 0.3) is 5.69 Å². The van der Waals surface area contributed by atoms with Crippen molar-refractivity contribution >= 4 is 27.5 Å². The van der Waals surface area contributed by atoms with Gasteiger partial charge in [0.1, 0.15) is 16.5 Å². The molecule has 30 heavy (non-hydrogen) atoms. The van der Waals surface area contributed by atoms with E-state index in [1.807, 2.05) is 0 Å². The number of aromatic nitrogens is 3. The first-order valence-corrected chi connectivity index (χ1v) is 9.95. The van der Waals surface area contributed by atoms with Crippen LogP contribution in [-0.4, -0.2) is 35.9 Å². The maximum Gasteiger partial charge on any atom is 0.387 e. The van der Waals surface area contributed by atoms with Gasteiger partial charge in [-0.15, -0.1) is 5.10 Å². The molecule has 1 aromatic heterocycles. The highest BCUT2D eigenvalue weighted by Crippen LogP contribution is 2.27. The summed E-state index contributed by atoms with van der Waals surface area (Å²) in [5.74, 6) is -2.36. The summed E-state index contributed by atoms with van der Waals surface area (Å²) in [4.78, 5) is 11.7. The van der Waals surface area contributed by atoms with E-state index in [2.05, 4.69) is 15.0 Å². The normalized spacial score (nSPS) is 11.5. The fourth-order valence-electron chi connectivity index (χ4n) is 2.49. The second kappa shape index (κ2) is 8.32. The number of alkyl halides is 2. The van der Waals surface area contributed by atoms with Gasteiger partial charge in [-0.25, -0.2) is 22.2 Å². The number of carbonyl (C=O) groups excluding carboxylic acids is 1. The van der Waals surface area contributed by atoms with Crippen molar-refractivity contribution in [2.45, 2.75) is 18.4 Å². The zero-order valence-electron chi connectivity index (χ0n) is 15.0. The van der Waals surface area contributed by atoms with Gasteiger partial charge < -0.3 is 4.74 Å². The number of sulfonamides is 1. The highest BCUT2D eigenvalue weighted by atomic mass is 35.5. The van der Waals surface area contributed by atoms with Gasteiger partial charge in [-0.1, -0.05) is 28.9 Å². The van der Waals surface area contributed by atoms with E-state index in [1.165, 1.54) is 31.2 Å². The molecule has 0 aliphatic carbocycles. The molecule has 0 spiro atoms. The first kappa shape index (κ1) is 21.6. The number of benzene rings is 2. The highest BCUT2D eigenvalue weighted by Gasteiger charge is 2.26. The average Bonchev–Trinajstić information content (AvgIpc) is 3.02. The van der Waals surface area contributed by atoms with Crippen molar-refractivity contribution < 1.29 is 31.1 Å². The number of rotatable bonds is 6. The van der Waals surface area contributed by atoms with Crippen LogP contribution in [0.1, 0.15) is 16.2 Å². The molecule has 8 nitrogen and oxygen atoms in total. The maximum absolute atomic E-state index is 13.8. The Labute approximate surface area is 173 Å². The van der Waals surface area contributed by atoms with Crippen molar-refractivity contribution in [1.82, 2.24) is 19.7 Å². The van der Waals surface area contributed by atoms with Gasteiger partial charge >= 0.3 is 6.61 Å². The summed E-state index contributed by atoms with van der Waals surface area (Å²) in [5, 5.41) is 7.34. The lowest BCUT2D eigenvalue weighted by atomic mass is 10.2. The van der Waals surface area contributed by atoms with Gasteiger partial charge in [0.15, 0.2) is 5.69 Å². The fourth-order valence-corrected chi connectivity index (χ4v) is 3.78. The van der Waals surface area contributed by atoms with Crippen molar-refractivity contribution in [2.24, 2.45) is 0 Å². The summed E-state index contributed by atoms with van der Waals surface area (Å²) in [6.45, 7) is -1.63. The van der Waals surface area contributed by atoms with Gasteiger partial charge in [0.25, 0.3) is 15.9 Å². The SMILES string of the molecule is Cc1c(C(=O)NS(=O)(=O)c2ccccc2F)nnn1-c1ccc(OC(F)F)cc1Cl. The second-order valence-electron chi connectivity index (χ2n) is 5.79. The highest BCUT2D eigenvalue weighted by molar-refractivity contribution is 7.90. The van der Waals surface area contributed by atoms with Crippen LogP contribution in [0.15, 0.2) is 47.4 Å². The van der Waals surface area contributed by atoms with Crippen molar-refractivity contribution in [1.29, 1.82) is 0 Å². The molecule has 1 amide bonds. The molecule has 0 fully saturated rings. The molecule has 1 N–H and O–H groups in total. The molecule has 2 aromatic carbocycles. The standard InChI is InChI=1S/C17H12ClF3N4O4S/c1-9-15(16(26)23-30(27,28)14-5-3-2-4-12(14)19)22-24-25(9)13-7-6-10(8-11(13)18)29-17(20)21/h2-8,17H,1H3,(H,23,26). The van der Waals surface area contributed by atoms with E-state index in [1.54, 1.807) is 4.72 Å². The summed E-state index contributed by atoms with van der Waals surface area (Å²) in [6, 6.07) is 8.16. The lowest BCUT2D eigenvalue weighted by Gasteiger charge is -2.09. The Morgan fingerprint density at radius 3 is 2.57 bits per heavy atom. The minimum absolute atomic E-state index is 0.0351. The van der Waals surface area contributed by atoms with Gasteiger partial charge in [0.05, 0.1) is 16.4 Å². The number of hydrogen-bond donors (Lipinski definition) is 1. The number of amides is 1. The monoisotopic (exact) mass is 460 g/mol. The number of nitrogens with one attached hydrogen (secondary N) is 1. The number of halogens is 4. The molecule has 0 aliphatic rings. The first-order valence-electron chi connectivity index (χ1n) is 8.09. The van der Waals surface area contributed by atoms with Gasteiger partial charge in [-0.3, -0.25) is 4.79 Å². The number of carbonyl (C=O) groups is 1. The zero-order chi connectivity index (χ0) is 22.1. The Balaban J connectivity index is 1.88. The largest absolute Gasteiger partial charge is 0.435 e. The summed E-state index contributed by atoms with van der Waals surface area (Å²) in [5.41, 5.74) is -0.0844. The topological polar surface area (TPSA) is 103 Å². The number of ether oxygens (including phenoxy) is 1. The van der Waals surface area contributed by atoms with E-state index in [0.717, 1.165) is 22.9 Å². The van der Waals surface area contributed by atoms with Crippen LogP contribution in [0.4, 0.5) is 13.2 Å². The molecular formula is C17H12ClF3N4O4S. The molecule has 0 saturated carbocycles. The van der Waals surface area contributed by atoms with Crippen LogP contribution < -0.4 is 9.46 Å². The Morgan fingerprint density at radius 2 is 1.93 bits per heavy atom. The number of nitrogens with zero attached hydrogens (tertiary/aromatic N) is 3. The molecule has 0 saturated heterocycles. The molecule has 3 aromatic rings. The number of hydrogen-bond acceptors (Lipinski definition) is 6. The molecule has 158 valence electrons. The van der Waals surface area contributed by atoms with Crippen LogP contribution in [0.5, 0.6) is 5.75 Å². The predicted octanol–water partition coefficient (Wildman–Crippen LogP) is 3.09. The first-order chi connectivity index (χ1) is 14.1. The molecular weight excluding hydrogens is 449 g/mol. The molecule has 0 radical (unpaired) electrons. The van der Waals surface area contributed by atoms with Crippen molar-refractivity contribution in [2.75, 3.05) is 0 Å². The van der Waals surface area contributed by atoms with Crippen LogP contribution in [-0.2, 0) is 10.0 Å². The van der Waals surface area contributed by atoms with E-state index < -0.39 is 33.3 Å². The van der Waals surface area contributed by atoms with Crippen molar-refractivity contribution in [3.8, 4) is 11.4 Å². The third-order valence-corrected chi connectivity index (χ3v) is 5.50. The van der Waals surface area contributed by atoms with E-state index in [0.29, 0.717) is 0 Å². The Hall–Kier alpha value is -3.12. The molecule has 0 unspecified atom stereocenters. The van der Waals surface area contributed by atoms with E-state index in [4.69, 9.17) is 11.6 Å². The molecule has 0 atom stereocenters. The lowest BCUT2D eigenvalue weighted by Crippen LogP contribution is -2.32. The Bertz CT molecular complexity index is 1220. The maximum atomic E-state index is 13.8. The van der Waals surface area contributed by atoms with Gasteiger partial charge in [0, 0.05) is 6.07 Å². The molecule has 3 rings (SSSR count). The van der Waals surface area contributed by atoms with Crippen molar-refractivity contribution in [3.05, 3.63) is 64.7 Å². The second-order valence-corrected chi connectivity index (χ2v) is 7.85. The molecule has 13 heteroatoms. The quantitative estimate of drug-likeness (QED) is 0.606. The van der Waals surface area contributed by atoms with Gasteiger partial charge in [-0.2, -0.15) is 8.78 Å². The Kier molecular flexibility index (Phi) is 5.99. The van der Waals surface area contributed by atoms with E-state index in [9.17, 15) is 26.4 Å². The van der Waals surface area contributed by atoms with Crippen molar-refractivity contribution in [3.63, 3.8) is 0 Å². The summed E-state index contributed by atoms with van der Waals surface area (Å²) in [6.07, 6.45) is 0. The van der Waals surface area contributed by atoms with Gasteiger partial charge in [0.2, 0.25) is 0 Å². The minimum atomic E-state index is -4.50. The predicted molar refractivity (Wildman–Crippen MR) is 98.8 cm³/mol. The third-order valence-electron chi connectivity index (χ3n) is 3.84. The van der Waals surface area contributed by atoms with Crippen LogP contribution in [0.3, 0.4) is 0 Å². The smallest absolute Gasteiger partial charge is 0.387 e. The Morgan fingerprint density at radius 1 is 1.23 bits per heavy atom. The van der Waals surface area contributed by atoms with E-state index in [-0.39, 0.29) is 27.8 Å². The summed E-state index contributed by atoms with van der Waals surface area (Å²) in [7, 11) is -4.50. The van der Waals surface area contributed by atoms with Gasteiger partial charge in [-0.05, 0) is 31.2 Å². The van der Waals surface area contributed by atoms with Crippen LogP contribution in [0, 0.1) is 12.7 Å². The van der Waals surface area contributed by atoms with E-state index >= 15 is 0 Å². The third kappa shape index (κ3) is 4.39. The fraction of sp³-hybridized carbons (Fsp3) is 0.118. The zero-order valence-corrected chi connectivity index (χ0v) is 16.6. The molecule has 0 bridgehead atoms. The van der Waals surface area contributed by atoms with Crippen LogP contribution >= 0.6 is 11.6 Å². The minimum Gasteiger partial charge on any atom is -0.435 e. The summed E-state index contributed by atoms with van der Waals surface area (Å²) < 4.78 is 70.0. The average molecular weight is 461 g/mol. The summed E-state index contributed by atoms with van der Waals surface area (Å²) >= 11 is 6.06. The lowest BCUT2D eigenvalue weighted by molar-refractivity contribution is -0.0498. The molecule has 1 heterocycles. The van der Waals surface area contributed by atoms with Crippen LogP contribution in [0.2, 0.25) is 5.02 Å².